The predicted molar refractivity (Wildman–Crippen MR) is 62.4 cm³/mol. The van der Waals surface area contributed by atoms with Crippen molar-refractivity contribution in [2.45, 2.75) is 9.92 Å². The minimum atomic E-state index is -0.965. The minimum absolute atomic E-state index is 0.110. The zero-order valence-electron chi connectivity index (χ0n) is 8.25. The van der Waals surface area contributed by atoms with Crippen LogP contribution in [0.15, 0.2) is 44.9 Å². The van der Waals surface area contributed by atoms with Gasteiger partial charge in [-0.15, -0.1) is 0 Å². The van der Waals surface area contributed by atoms with Crippen LogP contribution in [0.1, 0.15) is 0 Å². The van der Waals surface area contributed by atoms with Gasteiger partial charge in [0.25, 0.3) is 0 Å². The number of pyridine rings is 1. The first kappa shape index (κ1) is 12.4. The molecule has 0 unspecified atom stereocenters. The second kappa shape index (κ2) is 5.10. The highest BCUT2D eigenvalue weighted by atomic mass is 79.9. The first-order valence-electron chi connectivity index (χ1n) is 4.50. The molecule has 88 valence electrons. The van der Waals surface area contributed by atoms with Crippen LogP contribution < -0.4 is 0 Å². The van der Waals surface area contributed by atoms with E-state index < -0.39 is 17.5 Å². The van der Waals surface area contributed by atoms with Crippen LogP contribution in [-0.2, 0) is 0 Å². The van der Waals surface area contributed by atoms with Gasteiger partial charge >= 0.3 is 0 Å². The molecule has 0 saturated carbocycles. The van der Waals surface area contributed by atoms with Gasteiger partial charge in [-0.3, -0.25) is 0 Å². The van der Waals surface area contributed by atoms with Crippen molar-refractivity contribution in [3.05, 3.63) is 52.4 Å². The van der Waals surface area contributed by atoms with Crippen molar-refractivity contribution in [3.63, 3.8) is 0 Å². The Kier molecular flexibility index (Phi) is 3.73. The molecule has 0 bridgehead atoms. The lowest BCUT2D eigenvalue weighted by Gasteiger charge is -2.03. The second-order valence-corrected chi connectivity index (χ2v) is 5.10. The number of halogens is 4. The average molecular weight is 320 g/mol. The van der Waals surface area contributed by atoms with Crippen molar-refractivity contribution in [2.75, 3.05) is 0 Å². The molecule has 2 rings (SSSR count). The number of hydrogen-bond acceptors (Lipinski definition) is 2. The Morgan fingerprint density at radius 3 is 2.41 bits per heavy atom. The van der Waals surface area contributed by atoms with Crippen molar-refractivity contribution in [1.82, 2.24) is 4.98 Å². The van der Waals surface area contributed by atoms with Gasteiger partial charge in [-0.2, -0.15) is 0 Å². The SMILES string of the molecule is Fc1ccc(Sc2ncc(Br)cc2F)cc1F. The largest absolute Gasteiger partial charge is 0.245 e. The highest BCUT2D eigenvalue weighted by Crippen LogP contribution is 2.29. The summed E-state index contributed by atoms with van der Waals surface area (Å²) in [6, 6.07) is 4.62. The molecular weight excluding hydrogens is 315 g/mol. The molecule has 6 heteroatoms. The summed E-state index contributed by atoms with van der Waals surface area (Å²) in [4.78, 5) is 4.24. The third-order valence-electron chi connectivity index (χ3n) is 1.88. The molecule has 0 N–H and O–H groups in total. The van der Waals surface area contributed by atoms with Crippen LogP contribution in [0.2, 0.25) is 0 Å². The van der Waals surface area contributed by atoms with E-state index in [1.807, 2.05) is 0 Å². The number of aromatic nitrogens is 1. The number of rotatable bonds is 2. The van der Waals surface area contributed by atoms with Crippen molar-refractivity contribution in [2.24, 2.45) is 0 Å². The molecule has 0 spiro atoms. The summed E-state index contributed by atoms with van der Waals surface area (Å²) >= 11 is 4.01. The maximum atomic E-state index is 13.4. The molecule has 0 fully saturated rings. The van der Waals surface area contributed by atoms with E-state index in [1.165, 1.54) is 18.3 Å². The van der Waals surface area contributed by atoms with E-state index >= 15 is 0 Å². The molecule has 0 atom stereocenters. The van der Waals surface area contributed by atoms with Gasteiger partial charge in [-0.1, -0.05) is 11.8 Å². The molecule has 0 radical (unpaired) electrons. The Bertz CT molecular complexity index is 562. The summed E-state index contributed by atoms with van der Waals surface area (Å²) in [5.74, 6) is -2.42. The Labute approximate surface area is 108 Å². The molecule has 0 aliphatic carbocycles. The lowest BCUT2D eigenvalue weighted by Crippen LogP contribution is -1.88. The van der Waals surface area contributed by atoms with Gasteiger partial charge in [0.1, 0.15) is 5.03 Å². The zero-order chi connectivity index (χ0) is 12.4. The normalized spacial score (nSPS) is 10.6. The first-order valence-corrected chi connectivity index (χ1v) is 6.11. The molecule has 2 aromatic rings. The number of benzene rings is 1. The first-order chi connectivity index (χ1) is 8.06. The second-order valence-electron chi connectivity index (χ2n) is 3.12. The molecule has 0 saturated heterocycles. The van der Waals surface area contributed by atoms with E-state index in [1.54, 1.807) is 0 Å². The monoisotopic (exact) mass is 319 g/mol. The van der Waals surface area contributed by atoms with Gasteiger partial charge < -0.3 is 0 Å². The molecule has 1 aromatic heterocycles. The van der Waals surface area contributed by atoms with Gasteiger partial charge in [0.05, 0.1) is 0 Å². The van der Waals surface area contributed by atoms with Crippen molar-refractivity contribution in [1.29, 1.82) is 0 Å². The van der Waals surface area contributed by atoms with E-state index in [0.717, 1.165) is 23.9 Å². The van der Waals surface area contributed by atoms with Gasteiger partial charge in [-0.05, 0) is 40.2 Å². The zero-order valence-corrected chi connectivity index (χ0v) is 10.7. The lowest BCUT2D eigenvalue weighted by atomic mass is 10.3. The molecule has 0 aliphatic heterocycles. The van der Waals surface area contributed by atoms with Crippen LogP contribution >= 0.6 is 27.7 Å². The van der Waals surface area contributed by atoms with Crippen molar-refractivity contribution in [3.8, 4) is 0 Å². The van der Waals surface area contributed by atoms with Crippen LogP contribution in [0.25, 0.3) is 0 Å². The molecule has 1 aromatic carbocycles. The highest BCUT2D eigenvalue weighted by molar-refractivity contribution is 9.10. The smallest absolute Gasteiger partial charge is 0.159 e. The Morgan fingerprint density at radius 1 is 1.00 bits per heavy atom. The number of nitrogens with zero attached hydrogens (tertiary/aromatic N) is 1. The van der Waals surface area contributed by atoms with E-state index in [4.69, 9.17) is 0 Å². The van der Waals surface area contributed by atoms with E-state index in [0.29, 0.717) is 9.37 Å². The summed E-state index contributed by atoms with van der Waals surface area (Å²) < 4.78 is 39.6. The van der Waals surface area contributed by atoms with Crippen molar-refractivity contribution >= 4 is 27.7 Å². The Morgan fingerprint density at radius 2 is 1.76 bits per heavy atom. The molecule has 1 nitrogen and oxygen atoms in total. The maximum Gasteiger partial charge on any atom is 0.159 e. The van der Waals surface area contributed by atoms with Crippen LogP contribution in [0.5, 0.6) is 0 Å². The summed E-state index contributed by atoms with van der Waals surface area (Å²) in [7, 11) is 0. The van der Waals surface area contributed by atoms with Crippen LogP contribution in [0.4, 0.5) is 13.2 Å². The summed E-state index contributed by atoms with van der Waals surface area (Å²) in [5.41, 5.74) is 0. The molecule has 1 heterocycles. The highest BCUT2D eigenvalue weighted by Gasteiger charge is 2.09. The van der Waals surface area contributed by atoms with E-state index in [-0.39, 0.29) is 5.03 Å². The van der Waals surface area contributed by atoms with Gasteiger partial charge in [0.15, 0.2) is 17.5 Å². The standard InChI is InChI=1S/C11H5BrF3NS/c12-6-3-10(15)11(16-5-6)17-7-1-2-8(13)9(14)4-7/h1-5H. The quantitative estimate of drug-likeness (QED) is 0.813. The topological polar surface area (TPSA) is 12.9 Å². The number of hydrogen-bond donors (Lipinski definition) is 0. The fourth-order valence-corrected chi connectivity index (χ4v) is 2.22. The van der Waals surface area contributed by atoms with Crippen LogP contribution in [0, 0.1) is 17.5 Å². The van der Waals surface area contributed by atoms with Crippen LogP contribution in [-0.4, -0.2) is 4.98 Å². The lowest BCUT2D eigenvalue weighted by molar-refractivity contribution is 0.506. The summed E-state index contributed by atoms with van der Waals surface area (Å²) in [5, 5.41) is 0.110. The molecule has 0 aliphatic rings. The maximum absolute atomic E-state index is 13.4. The molecule has 0 amide bonds. The fraction of sp³-hybridized carbons (Fsp3) is 0. The van der Waals surface area contributed by atoms with Gasteiger partial charge in [0.2, 0.25) is 0 Å². The third-order valence-corrected chi connectivity index (χ3v) is 3.30. The fourth-order valence-electron chi connectivity index (χ4n) is 1.13. The molecule has 17 heavy (non-hydrogen) atoms. The Hall–Kier alpha value is -1.01. The summed E-state index contributed by atoms with van der Waals surface area (Å²) in [6.07, 6.45) is 1.44. The van der Waals surface area contributed by atoms with Gasteiger partial charge in [-0.25, -0.2) is 18.2 Å². The summed E-state index contributed by atoms with van der Waals surface area (Å²) in [6.45, 7) is 0. The van der Waals surface area contributed by atoms with Crippen LogP contribution in [0.3, 0.4) is 0 Å². The Balaban J connectivity index is 2.28. The third kappa shape index (κ3) is 3.01. The van der Waals surface area contributed by atoms with E-state index in [9.17, 15) is 13.2 Å². The van der Waals surface area contributed by atoms with Crippen molar-refractivity contribution < 1.29 is 13.2 Å². The minimum Gasteiger partial charge on any atom is -0.245 e. The average Bonchev–Trinajstić information content (AvgIpc) is 2.27. The predicted octanol–water partition coefficient (Wildman–Crippen LogP) is 4.41. The molecular formula is C11H5BrF3NS. The van der Waals surface area contributed by atoms with E-state index in [2.05, 4.69) is 20.9 Å². The van der Waals surface area contributed by atoms with Gasteiger partial charge in [0, 0.05) is 15.6 Å².